The van der Waals surface area contributed by atoms with Crippen LogP contribution in [0.1, 0.15) is 6.92 Å². The summed E-state index contributed by atoms with van der Waals surface area (Å²) in [5.41, 5.74) is 0.654. The van der Waals surface area contributed by atoms with Gasteiger partial charge in [-0.25, -0.2) is 0 Å². The van der Waals surface area contributed by atoms with Gasteiger partial charge in [0.25, 0.3) is 0 Å². The van der Waals surface area contributed by atoms with E-state index in [9.17, 15) is 0 Å². The smallest absolute Gasteiger partial charge is 0.118 e. The number of hydrogen-bond donors (Lipinski definition) is 2. The molecule has 14 heavy (non-hydrogen) atoms. The molecule has 0 fully saturated rings. The summed E-state index contributed by atoms with van der Waals surface area (Å²) in [5, 5.41) is 10.9. The first-order chi connectivity index (χ1) is 6.56. The average Bonchev–Trinajstić information content (AvgIpc) is 2.13. The van der Waals surface area contributed by atoms with Crippen molar-refractivity contribution in [3.05, 3.63) is 23.4 Å². The lowest BCUT2D eigenvalue weighted by Crippen LogP contribution is -2.40. The topological polar surface area (TPSA) is 45.1 Å². The fourth-order valence-corrected chi connectivity index (χ4v) is 1.75. The highest BCUT2D eigenvalue weighted by molar-refractivity contribution is 6.25. The molecule has 0 saturated carbocycles. The molecule has 3 nitrogen and oxygen atoms in total. The van der Waals surface area contributed by atoms with Crippen LogP contribution in [-0.4, -0.2) is 34.3 Å². The third-order valence-electron chi connectivity index (χ3n) is 2.52. The number of methoxy groups -OCH3 is 1. The zero-order valence-electron chi connectivity index (χ0n) is 8.85. The lowest BCUT2D eigenvalue weighted by Gasteiger charge is -2.34. The van der Waals surface area contributed by atoms with Crippen LogP contribution in [0, 0.1) is 10.8 Å². The highest BCUT2D eigenvalue weighted by Crippen LogP contribution is 2.33. The van der Waals surface area contributed by atoms with Crippen molar-refractivity contribution in [2.24, 2.45) is 5.41 Å². The van der Waals surface area contributed by atoms with Crippen LogP contribution in [0.3, 0.4) is 0 Å². The van der Waals surface area contributed by atoms with Gasteiger partial charge in [-0.2, -0.15) is 0 Å². The van der Waals surface area contributed by atoms with Gasteiger partial charge in [0, 0.05) is 12.3 Å². The van der Waals surface area contributed by atoms with Crippen molar-refractivity contribution >= 4 is 13.6 Å². The zero-order chi connectivity index (χ0) is 10.8. The number of rotatable bonds is 3. The first-order valence-electron chi connectivity index (χ1n) is 4.52. The molecule has 4 heteroatoms. The van der Waals surface area contributed by atoms with E-state index in [-0.39, 0.29) is 0 Å². The van der Waals surface area contributed by atoms with Crippen molar-refractivity contribution in [1.29, 1.82) is 5.41 Å². The molecule has 0 saturated heterocycles. The molecule has 0 aromatic carbocycles. The van der Waals surface area contributed by atoms with Crippen molar-refractivity contribution < 1.29 is 4.74 Å². The molecule has 2 radical (unpaired) electrons. The Morgan fingerprint density at radius 2 is 2.21 bits per heavy atom. The van der Waals surface area contributed by atoms with Crippen LogP contribution >= 0.6 is 0 Å². The second kappa shape index (κ2) is 4.01. The first kappa shape index (κ1) is 11.1. The first-order valence-corrected chi connectivity index (χ1v) is 4.52. The SMILES string of the molecule is [B]C1=C(OC)C(C)(CNC)C(=N)C=C1. The molecule has 1 rings (SSSR count). The summed E-state index contributed by atoms with van der Waals surface area (Å²) in [7, 11) is 9.23. The highest BCUT2D eigenvalue weighted by atomic mass is 16.5. The maximum absolute atomic E-state index is 7.87. The summed E-state index contributed by atoms with van der Waals surface area (Å²) in [6, 6.07) is 0. The Bertz CT molecular complexity index is 309. The Morgan fingerprint density at radius 3 is 2.71 bits per heavy atom. The minimum Gasteiger partial charge on any atom is -0.501 e. The van der Waals surface area contributed by atoms with Crippen molar-refractivity contribution in [2.45, 2.75) is 6.92 Å². The van der Waals surface area contributed by atoms with E-state index in [1.807, 2.05) is 14.0 Å². The van der Waals surface area contributed by atoms with Gasteiger partial charge in [-0.1, -0.05) is 11.5 Å². The van der Waals surface area contributed by atoms with E-state index in [0.29, 0.717) is 23.5 Å². The molecule has 0 aromatic heterocycles. The Labute approximate surface area is 86.1 Å². The second-order valence-corrected chi connectivity index (χ2v) is 3.60. The van der Waals surface area contributed by atoms with Crippen LogP contribution in [0.2, 0.25) is 0 Å². The summed E-state index contributed by atoms with van der Waals surface area (Å²) >= 11 is 0. The van der Waals surface area contributed by atoms with Crippen LogP contribution in [0.25, 0.3) is 0 Å². The molecule has 2 N–H and O–H groups in total. The van der Waals surface area contributed by atoms with Crippen LogP contribution in [-0.2, 0) is 4.74 Å². The summed E-state index contributed by atoms with van der Waals surface area (Å²) < 4.78 is 5.26. The van der Waals surface area contributed by atoms with E-state index in [2.05, 4.69) is 5.32 Å². The number of ether oxygens (including phenoxy) is 1. The van der Waals surface area contributed by atoms with E-state index in [1.165, 1.54) is 0 Å². The molecule has 1 unspecified atom stereocenters. The largest absolute Gasteiger partial charge is 0.501 e. The van der Waals surface area contributed by atoms with E-state index in [1.54, 1.807) is 19.3 Å². The fourth-order valence-electron chi connectivity index (χ4n) is 1.75. The monoisotopic (exact) mass is 190 g/mol. The van der Waals surface area contributed by atoms with Crippen LogP contribution < -0.4 is 5.32 Å². The highest BCUT2D eigenvalue weighted by Gasteiger charge is 2.36. The standard InChI is InChI=1S/C10H15BN2O/c1-10(6-13-2)8(12)5-4-7(11)9(10)14-3/h4-5,12-13H,6H2,1-3H3. The van der Waals surface area contributed by atoms with Crippen molar-refractivity contribution in [1.82, 2.24) is 5.32 Å². The van der Waals surface area contributed by atoms with Gasteiger partial charge in [-0.05, 0) is 20.0 Å². The predicted molar refractivity (Wildman–Crippen MR) is 58.7 cm³/mol. The van der Waals surface area contributed by atoms with E-state index in [0.717, 1.165) is 0 Å². The van der Waals surface area contributed by atoms with Crippen molar-refractivity contribution in [3.8, 4) is 0 Å². The molecular weight excluding hydrogens is 175 g/mol. The Balaban J connectivity index is 3.13. The summed E-state index contributed by atoms with van der Waals surface area (Å²) in [6.45, 7) is 2.58. The van der Waals surface area contributed by atoms with Gasteiger partial charge in [-0.3, -0.25) is 0 Å². The summed E-state index contributed by atoms with van der Waals surface area (Å²) in [5.74, 6) is 0.666. The minimum absolute atomic E-state index is 0.456. The third-order valence-corrected chi connectivity index (χ3v) is 2.52. The zero-order valence-corrected chi connectivity index (χ0v) is 8.85. The average molecular weight is 190 g/mol. The van der Waals surface area contributed by atoms with Gasteiger partial charge in [0.05, 0.1) is 12.5 Å². The van der Waals surface area contributed by atoms with Crippen LogP contribution in [0.5, 0.6) is 0 Å². The van der Waals surface area contributed by atoms with Gasteiger partial charge in [0.15, 0.2) is 0 Å². The van der Waals surface area contributed by atoms with Gasteiger partial charge >= 0.3 is 0 Å². The van der Waals surface area contributed by atoms with Crippen molar-refractivity contribution in [3.63, 3.8) is 0 Å². The normalized spacial score (nSPS) is 26.9. The lowest BCUT2D eigenvalue weighted by molar-refractivity contribution is 0.219. The molecule has 0 bridgehead atoms. The summed E-state index contributed by atoms with van der Waals surface area (Å²) in [6.07, 6.45) is 3.42. The molecule has 0 aromatic rings. The number of hydrogen-bond acceptors (Lipinski definition) is 3. The minimum atomic E-state index is -0.456. The van der Waals surface area contributed by atoms with Gasteiger partial charge in [0.1, 0.15) is 13.6 Å². The maximum Gasteiger partial charge on any atom is 0.118 e. The van der Waals surface area contributed by atoms with Gasteiger partial charge in [-0.15, -0.1) is 0 Å². The van der Waals surface area contributed by atoms with E-state index >= 15 is 0 Å². The van der Waals surface area contributed by atoms with Crippen LogP contribution in [0.4, 0.5) is 0 Å². The molecule has 74 valence electrons. The van der Waals surface area contributed by atoms with E-state index in [4.69, 9.17) is 18.0 Å². The Hall–Kier alpha value is -1.03. The maximum atomic E-state index is 7.87. The molecule has 0 heterocycles. The van der Waals surface area contributed by atoms with Gasteiger partial charge < -0.3 is 15.5 Å². The second-order valence-electron chi connectivity index (χ2n) is 3.60. The third kappa shape index (κ3) is 1.62. The van der Waals surface area contributed by atoms with Crippen molar-refractivity contribution in [2.75, 3.05) is 20.7 Å². The molecule has 0 aliphatic heterocycles. The lowest BCUT2D eigenvalue weighted by atomic mass is 9.73. The molecule has 0 amide bonds. The Morgan fingerprint density at radius 1 is 1.57 bits per heavy atom. The number of nitrogens with one attached hydrogen (secondary N) is 2. The van der Waals surface area contributed by atoms with E-state index < -0.39 is 5.41 Å². The summed E-state index contributed by atoms with van der Waals surface area (Å²) in [4.78, 5) is 0. The molecule has 0 spiro atoms. The molecule has 1 aliphatic rings. The molecule has 1 atom stereocenters. The molecular formula is C10H15BN2O. The fraction of sp³-hybridized carbons (Fsp3) is 0.500. The molecule has 1 aliphatic carbocycles. The van der Waals surface area contributed by atoms with Gasteiger partial charge in [0.2, 0.25) is 0 Å². The quantitative estimate of drug-likeness (QED) is 0.647. The Kier molecular flexibility index (Phi) is 3.16. The number of allylic oxidation sites excluding steroid dienone is 3. The predicted octanol–water partition coefficient (Wildman–Crippen LogP) is 0.828. The van der Waals surface area contributed by atoms with Crippen LogP contribution in [0.15, 0.2) is 23.4 Å².